The summed E-state index contributed by atoms with van der Waals surface area (Å²) in [5.41, 5.74) is 1.93. The number of hydrogen-bond donors (Lipinski definition) is 1. The number of ether oxygens (including phenoxy) is 2. The molecule has 4 heterocycles. The first-order valence-electron chi connectivity index (χ1n) is 13.5. The van der Waals surface area contributed by atoms with Crippen molar-refractivity contribution >= 4 is 11.7 Å². The molecule has 3 aromatic rings. The molecule has 202 valence electrons. The fourth-order valence-electron chi connectivity index (χ4n) is 5.04. The predicted octanol–water partition coefficient (Wildman–Crippen LogP) is 2.95. The summed E-state index contributed by atoms with van der Waals surface area (Å²) in [6.07, 6.45) is 8.99. The Labute approximate surface area is 224 Å². The molecule has 0 bridgehead atoms. The highest BCUT2D eigenvalue weighted by Crippen LogP contribution is 2.32. The summed E-state index contributed by atoms with van der Waals surface area (Å²) >= 11 is 0. The number of piperazine rings is 1. The van der Waals surface area contributed by atoms with Crippen LogP contribution in [0.25, 0.3) is 0 Å². The second-order valence-corrected chi connectivity index (χ2v) is 10.0. The minimum absolute atomic E-state index is 0.0288. The van der Waals surface area contributed by atoms with Crippen molar-refractivity contribution in [1.82, 2.24) is 29.7 Å². The number of imidazole rings is 1. The molecule has 1 atom stereocenters. The number of nitrogens with one attached hydrogen (secondary N) is 1. The summed E-state index contributed by atoms with van der Waals surface area (Å²) in [6, 6.07) is 7.85. The van der Waals surface area contributed by atoms with Crippen LogP contribution in [-0.2, 0) is 24.3 Å². The number of nitrogens with zero attached hydrogens (tertiary/aromatic N) is 6. The molecule has 1 fully saturated rings. The van der Waals surface area contributed by atoms with E-state index >= 15 is 0 Å². The Morgan fingerprint density at radius 3 is 2.87 bits per heavy atom. The quantitative estimate of drug-likeness (QED) is 0.413. The van der Waals surface area contributed by atoms with Crippen molar-refractivity contribution in [3.05, 3.63) is 60.1 Å². The summed E-state index contributed by atoms with van der Waals surface area (Å²) in [5.74, 6) is 3.22. The van der Waals surface area contributed by atoms with Gasteiger partial charge in [0.05, 0.1) is 12.4 Å². The molecule has 0 radical (unpaired) electrons. The molecule has 5 rings (SSSR count). The zero-order chi connectivity index (χ0) is 26.3. The van der Waals surface area contributed by atoms with Crippen molar-refractivity contribution in [3.8, 4) is 11.5 Å². The molecule has 2 aromatic heterocycles. The molecular weight excluding hydrogens is 482 g/mol. The Morgan fingerprint density at radius 2 is 2.03 bits per heavy atom. The third kappa shape index (κ3) is 6.61. The molecule has 0 spiro atoms. The van der Waals surface area contributed by atoms with E-state index in [4.69, 9.17) is 14.5 Å². The van der Waals surface area contributed by atoms with Crippen LogP contribution in [0, 0.1) is 6.92 Å². The van der Waals surface area contributed by atoms with E-state index in [0.717, 1.165) is 86.4 Å². The van der Waals surface area contributed by atoms with Gasteiger partial charge in [-0.2, -0.15) is 0 Å². The van der Waals surface area contributed by atoms with E-state index in [1.165, 1.54) is 0 Å². The first-order chi connectivity index (χ1) is 18.6. The lowest BCUT2D eigenvalue weighted by molar-refractivity contribution is -0.121. The minimum Gasteiger partial charge on any atom is -0.454 e. The number of anilines is 1. The minimum atomic E-state index is 0.0288. The lowest BCUT2D eigenvalue weighted by atomic mass is 10.1. The topological polar surface area (TPSA) is 97.6 Å². The second kappa shape index (κ2) is 12.3. The standard InChI is InChI=1S/C28H37N7O3/c1-3-4-9-33-12-13-35(27-14-21(2)31-26(32-27)7-10-34-11-8-29-19-34)23(18-33)16-28(36)30-17-22-5-6-24-25(15-22)38-20-37-24/h5-6,8,11,14-15,19,23H,3-4,7,9-10,12-13,16-18,20H2,1-2H3,(H,30,36). The number of aryl methyl sites for hydroxylation is 3. The molecule has 0 saturated carbocycles. The van der Waals surface area contributed by atoms with Gasteiger partial charge in [0.15, 0.2) is 11.5 Å². The van der Waals surface area contributed by atoms with Crippen molar-refractivity contribution < 1.29 is 14.3 Å². The van der Waals surface area contributed by atoms with Crippen LogP contribution in [0.3, 0.4) is 0 Å². The van der Waals surface area contributed by atoms with Crippen molar-refractivity contribution in [2.75, 3.05) is 37.9 Å². The average Bonchev–Trinajstić information content (AvgIpc) is 3.61. The third-order valence-corrected chi connectivity index (χ3v) is 7.08. The van der Waals surface area contributed by atoms with Crippen LogP contribution in [0.15, 0.2) is 43.0 Å². The van der Waals surface area contributed by atoms with Crippen molar-refractivity contribution in [2.45, 2.75) is 58.7 Å². The van der Waals surface area contributed by atoms with E-state index in [0.29, 0.717) is 13.0 Å². The summed E-state index contributed by atoms with van der Waals surface area (Å²) in [4.78, 5) is 31.6. The van der Waals surface area contributed by atoms with Gasteiger partial charge in [0.25, 0.3) is 0 Å². The highest BCUT2D eigenvalue weighted by atomic mass is 16.7. The Kier molecular flexibility index (Phi) is 8.37. The predicted molar refractivity (Wildman–Crippen MR) is 144 cm³/mol. The van der Waals surface area contributed by atoms with Crippen LogP contribution in [0.2, 0.25) is 0 Å². The molecule has 10 nitrogen and oxygen atoms in total. The van der Waals surface area contributed by atoms with E-state index < -0.39 is 0 Å². The van der Waals surface area contributed by atoms with Gasteiger partial charge in [-0.25, -0.2) is 15.0 Å². The SMILES string of the molecule is CCCCN1CCN(c2cc(C)nc(CCn3ccnc3)n2)C(CC(=O)NCc2ccc3c(c2)OCO3)C1. The van der Waals surface area contributed by atoms with Crippen LogP contribution in [0.1, 0.15) is 43.3 Å². The van der Waals surface area contributed by atoms with Gasteiger partial charge in [-0.15, -0.1) is 0 Å². The molecule has 38 heavy (non-hydrogen) atoms. The van der Waals surface area contributed by atoms with Crippen LogP contribution in [0.4, 0.5) is 5.82 Å². The van der Waals surface area contributed by atoms with Crippen molar-refractivity contribution in [2.24, 2.45) is 0 Å². The van der Waals surface area contributed by atoms with Gasteiger partial charge in [-0.3, -0.25) is 9.69 Å². The molecule has 1 saturated heterocycles. The number of benzene rings is 1. The highest BCUT2D eigenvalue weighted by Gasteiger charge is 2.30. The zero-order valence-corrected chi connectivity index (χ0v) is 22.3. The number of fused-ring (bicyclic) bond motifs is 1. The van der Waals surface area contributed by atoms with E-state index in [-0.39, 0.29) is 18.7 Å². The molecule has 1 aromatic carbocycles. The number of carbonyl (C=O) groups is 1. The molecule has 1 N–H and O–H groups in total. The maximum atomic E-state index is 13.1. The molecule has 0 aliphatic carbocycles. The monoisotopic (exact) mass is 519 g/mol. The molecule has 2 aliphatic rings. The van der Waals surface area contributed by atoms with E-state index in [1.54, 1.807) is 6.20 Å². The summed E-state index contributed by atoms with van der Waals surface area (Å²) in [7, 11) is 0. The van der Waals surface area contributed by atoms with Gasteiger partial charge >= 0.3 is 0 Å². The van der Waals surface area contributed by atoms with Gasteiger partial charge in [0, 0.05) is 69.7 Å². The van der Waals surface area contributed by atoms with E-state index in [9.17, 15) is 4.79 Å². The maximum absolute atomic E-state index is 13.1. The van der Waals surface area contributed by atoms with E-state index in [2.05, 4.69) is 32.0 Å². The number of rotatable bonds is 11. The number of amides is 1. The highest BCUT2D eigenvalue weighted by molar-refractivity contribution is 5.77. The molecule has 2 aliphatic heterocycles. The lowest BCUT2D eigenvalue weighted by Gasteiger charge is -2.42. The van der Waals surface area contributed by atoms with Crippen LogP contribution >= 0.6 is 0 Å². The Hall–Kier alpha value is -3.66. The first kappa shape index (κ1) is 26.0. The maximum Gasteiger partial charge on any atom is 0.231 e. The normalized spacial score (nSPS) is 17.1. The van der Waals surface area contributed by atoms with Crippen LogP contribution in [-0.4, -0.2) is 69.3 Å². The molecule has 10 heteroatoms. The number of hydrogen-bond acceptors (Lipinski definition) is 8. The first-order valence-corrected chi connectivity index (χ1v) is 13.5. The number of unbranched alkanes of at least 4 members (excludes halogenated alkanes) is 1. The summed E-state index contributed by atoms with van der Waals surface area (Å²) < 4.78 is 12.9. The zero-order valence-electron chi connectivity index (χ0n) is 22.3. The van der Waals surface area contributed by atoms with Gasteiger partial charge in [-0.05, 0) is 37.6 Å². The van der Waals surface area contributed by atoms with Gasteiger partial charge in [0.2, 0.25) is 12.7 Å². The fourth-order valence-corrected chi connectivity index (χ4v) is 5.04. The van der Waals surface area contributed by atoms with Gasteiger partial charge in [0.1, 0.15) is 11.6 Å². The van der Waals surface area contributed by atoms with Gasteiger partial charge < -0.3 is 24.3 Å². The van der Waals surface area contributed by atoms with Crippen molar-refractivity contribution in [3.63, 3.8) is 0 Å². The Balaban J connectivity index is 1.26. The van der Waals surface area contributed by atoms with Gasteiger partial charge in [-0.1, -0.05) is 19.4 Å². The van der Waals surface area contributed by atoms with Crippen LogP contribution < -0.4 is 19.7 Å². The summed E-state index contributed by atoms with van der Waals surface area (Å²) in [6.45, 7) is 9.38. The Morgan fingerprint density at radius 1 is 1.13 bits per heavy atom. The van der Waals surface area contributed by atoms with Crippen molar-refractivity contribution in [1.29, 1.82) is 0 Å². The van der Waals surface area contributed by atoms with E-state index in [1.807, 2.05) is 48.3 Å². The lowest BCUT2D eigenvalue weighted by Crippen LogP contribution is -2.55. The molecular formula is C28H37N7O3. The second-order valence-electron chi connectivity index (χ2n) is 10.0. The largest absolute Gasteiger partial charge is 0.454 e. The smallest absolute Gasteiger partial charge is 0.231 e. The third-order valence-electron chi connectivity index (χ3n) is 7.08. The Bertz CT molecular complexity index is 1220. The fraction of sp³-hybridized carbons (Fsp3) is 0.500. The van der Waals surface area contributed by atoms with Crippen LogP contribution in [0.5, 0.6) is 11.5 Å². The average molecular weight is 520 g/mol. The summed E-state index contributed by atoms with van der Waals surface area (Å²) in [5, 5.41) is 3.10. The number of carbonyl (C=O) groups excluding carboxylic acids is 1. The molecule has 1 unspecified atom stereocenters. The number of aromatic nitrogens is 4. The molecule has 1 amide bonds.